The van der Waals surface area contributed by atoms with Crippen molar-refractivity contribution in [3.05, 3.63) is 38.8 Å². The lowest BCUT2D eigenvalue weighted by Crippen LogP contribution is -2.28. The number of rotatable bonds is 19. The van der Waals surface area contributed by atoms with Crippen LogP contribution in [-0.4, -0.2) is 14.3 Å². The van der Waals surface area contributed by atoms with Gasteiger partial charge < -0.3 is 5.32 Å². The first kappa shape index (κ1) is 31.3. The molecule has 0 saturated heterocycles. The van der Waals surface area contributed by atoms with Crippen molar-refractivity contribution in [2.45, 2.75) is 115 Å². The van der Waals surface area contributed by atoms with Gasteiger partial charge in [0.1, 0.15) is 4.49 Å². The Hall–Kier alpha value is -0.750. The van der Waals surface area contributed by atoms with E-state index in [0.29, 0.717) is 11.4 Å². The molecular formula is C26H40Cl3NO3S. The molecule has 1 amide bonds. The van der Waals surface area contributed by atoms with Crippen molar-refractivity contribution in [3.8, 4) is 0 Å². The number of amides is 1. The average molecular weight is 553 g/mol. The van der Waals surface area contributed by atoms with E-state index in [1.54, 1.807) is 0 Å². The van der Waals surface area contributed by atoms with Crippen LogP contribution in [-0.2, 0) is 14.6 Å². The van der Waals surface area contributed by atoms with Gasteiger partial charge in [-0.05, 0) is 30.7 Å². The highest BCUT2D eigenvalue weighted by molar-refractivity contribution is 7.95. The predicted molar refractivity (Wildman–Crippen MR) is 145 cm³/mol. The first-order chi connectivity index (χ1) is 16.3. The zero-order chi connectivity index (χ0) is 25.2. The predicted octanol–water partition coefficient (Wildman–Crippen LogP) is 9.10. The first-order valence-electron chi connectivity index (χ1n) is 12.6. The molecule has 0 aliphatic carbocycles. The number of halogens is 3. The van der Waals surface area contributed by atoms with E-state index in [2.05, 4.69) is 12.2 Å². The third-order valence-corrected chi connectivity index (χ3v) is 8.42. The van der Waals surface area contributed by atoms with Gasteiger partial charge in [-0.2, -0.15) is 0 Å². The molecule has 0 heterocycles. The Morgan fingerprint density at radius 3 is 1.56 bits per heavy atom. The minimum atomic E-state index is -4.05. The molecule has 1 aromatic carbocycles. The molecule has 0 atom stereocenters. The summed E-state index contributed by atoms with van der Waals surface area (Å²) < 4.78 is 25.0. The molecule has 4 nitrogen and oxygen atoms in total. The zero-order valence-electron chi connectivity index (χ0n) is 20.4. The number of hydrogen-bond acceptors (Lipinski definition) is 3. The summed E-state index contributed by atoms with van der Waals surface area (Å²) in [5.41, 5.74) is 0. The SMILES string of the molecule is CCCCCCCCCCCCCCCCCC(=O)NC(=C(Cl)Cl)S(=O)(=O)c1ccc(Cl)cc1. The average Bonchev–Trinajstić information content (AvgIpc) is 2.80. The van der Waals surface area contributed by atoms with Crippen molar-refractivity contribution in [2.75, 3.05) is 0 Å². The number of benzene rings is 1. The topological polar surface area (TPSA) is 63.2 Å². The largest absolute Gasteiger partial charge is 0.314 e. The van der Waals surface area contributed by atoms with Crippen LogP contribution < -0.4 is 5.32 Å². The Labute approximate surface area is 221 Å². The molecule has 0 unspecified atom stereocenters. The van der Waals surface area contributed by atoms with Crippen LogP contribution in [0.2, 0.25) is 5.02 Å². The molecular weight excluding hydrogens is 513 g/mol. The molecule has 0 aliphatic heterocycles. The van der Waals surface area contributed by atoms with Crippen LogP contribution >= 0.6 is 34.8 Å². The Balaban J connectivity index is 2.16. The standard InChI is InChI=1S/C26H40Cl3NO3S/c1-2-3-4-5-6-7-8-9-10-11-12-13-14-15-16-17-24(31)30-26(25(28)29)34(32,33)23-20-18-22(27)19-21-23/h18-21H,2-17H2,1H3,(H,30,31). The van der Waals surface area contributed by atoms with Crippen LogP contribution in [0.5, 0.6) is 0 Å². The highest BCUT2D eigenvalue weighted by Crippen LogP contribution is 2.25. The van der Waals surface area contributed by atoms with Crippen LogP contribution in [0.4, 0.5) is 0 Å². The number of carbonyl (C=O) groups is 1. The maximum atomic E-state index is 12.7. The number of sulfone groups is 1. The molecule has 1 rings (SSSR count). The lowest BCUT2D eigenvalue weighted by Gasteiger charge is -2.11. The van der Waals surface area contributed by atoms with Crippen LogP contribution in [0.15, 0.2) is 38.7 Å². The Morgan fingerprint density at radius 2 is 1.15 bits per heavy atom. The van der Waals surface area contributed by atoms with Crippen molar-refractivity contribution in [1.29, 1.82) is 0 Å². The van der Waals surface area contributed by atoms with Gasteiger partial charge in [0.2, 0.25) is 15.7 Å². The highest BCUT2D eigenvalue weighted by Gasteiger charge is 2.25. The van der Waals surface area contributed by atoms with E-state index < -0.39 is 25.3 Å². The minimum absolute atomic E-state index is 0.0435. The third-order valence-electron chi connectivity index (χ3n) is 5.82. The monoisotopic (exact) mass is 551 g/mol. The van der Waals surface area contributed by atoms with E-state index in [4.69, 9.17) is 34.8 Å². The second-order valence-electron chi connectivity index (χ2n) is 8.79. The molecule has 0 spiro atoms. The molecule has 0 saturated carbocycles. The van der Waals surface area contributed by atoms with Crippen LogP contribution in [0.3, 0.4) is 0 Å². The van der Waals surface area contributed by atoms with E-state index in [1.165, 1.54) is 101 Å². The van der Waals surface area contributed by atoms with Crippen LogP contribution in [0, 0.1) is 0 Å². The summed E-state index contributed by atoms with van der Waals surface area (Å²) in [6, 6.07) is 5.58. The molecule has 8 heteroatoms. The summed E-state index contributed by atoms with van der Waals surface area (Å²) in [6.07, 6.45) is 18.8. The van der Waals surface area contributed by atoms with Crippen LogP contribution in [0.1, 0.15) is 110 Å². The fourth-order valence-corrected chi connectivity index (χ4v) is 5.80. The van der Waals surface area contributed by atoms with E-state index in [-0.39, 0.29) is 11.3 Å². The van der Waals surface area contributed by atoms with Crippen LogP contribution in [0.25, 0.3) is 0 Å². The maximum Gasteiger partial charge on any atom is 0.224 e. The smallest absolute Gasteiger partial charge is 0.224 e. The van der Waals surface area contributed by atoms with Gasteiger partial charge in [-0.3, -0.25) is 4.79 Å². The summed E-state index contributed by atoms with van der Waals surface area (Å²) in [5, 5.41) is 2.28. The zero-order valence-corrected chi connectivity index (χ0v) is 23.5. The highest BCUT2D eigenvalue weighted by atomic mass is 35.5. The van der Waals surface area contributed by atoms with Gasteiger partial charge in [0.15, 0.2) is 5.03 Å². The molecule has 0 bridgehead atoms. The second-order valence-corrected chi connectivity index (χ2v) is 12.1. The molecule has 0 radical (unpaired) electrons. The van der Waals surface area contributed by atoms with Gasteiger partial charge in [-0.1, -0.05) is 132 Å². The van der Waals surface area contributed by atoms with Gasteiger partial charge in [0, 0.05) is 11.4 Å². The maximum absolute atomic E-state index is 12.7. The summed E-state index contributed by atoms with van der Waals surface area (Å²) in [6.45, 7) is 2.25. The van der Waals surface area contributed by atoms with E-state index >= 15 is 0 Å². The van der Waals surface area contributed by atoms with Crippen molar-refractivity contribution >= 4 is 50.5 Å². The number of nitrogens with one attached hydrogen (secondary N) is 1. The number of unbranched alkanes of at least 4 members (excludes halogenated alkanes) is 14. The molecule has 0 fully saturated rings. The fraction of sp³-hybridized carbons (Fsp3) is 0.654. The first-order valence-corrected chi connectivity index (χ1v) is 15.3. The summed E-state index contributed by atoms with van der Waals surface area (Å²) in [7, 11) is -4.05. The Morgan fingerprint density at radius 1 is 0.735 bits per heavy atom. The third kappa shape index (κ3) is 13.4. The number of carbonyl (C=O) groups excluding carboxylic acids is 1. The van der Waals surface area contributed by atoms with Crippen molar-refractivity contribution in [1.82, 2.24) is 5.32 Å². The lowest BCUT2D eigenvalue weighted by molar-refractivity contribution is -0.120. The van der Waals surface area contributed by atoms with Gasteiger partial charge >= 0.3 is 0 Å². The fourth-order valence-electron chi connectivity index (χ4n) is 3.79. The Kier molecular flexibility index (Phi) is 17.0. The quantitative estimate of drug-likeness (QED) is 0.174. The van der Waals surface area contributed by atoms with Gasteiger partial charge in [-0.25, -0.2) is 8.42 Å². The van der Waals surface area contributed by atoms with Crippen molar-refractivity contribution in [3.63, 3.8) is 0 Å². The lowest BCUT2D eigenvalue weighted by atomic mass is 10.0. The molecule has 0 aliphatic rings. The van der Waals surface area contributed by atoms with E-state index in [0.717, 1.165) is 12.8 Å². The summed E-state index contributed by atoms with van der Waals surface area (Å²) >= 11 is 17.4. The summed E-state index contributed by atoms with van der Waals surface area (Å²) in [4.78, 5) is 12.2. The summed E-state index contributed by atoms with van der Waals surface area (Å²) in [5.74, 6) is -0.416. The molecule has 34 heavy (non-hydrogen) atoms. The number of hydrogen-bond donors (Lipinski definition) is 1. The van der Waals surface area contributed by atoms with Crippen molar-refractivity contribution in [2.24, 2.45) is 0 Å². The molecule has 194 valence electrons. The van der Waals surface area contributed by atoms with Gasteiger partial charge in [0.05, 0.1) is 4.90 Å². The van der Waals surface area contributed by atoms with Gasteiger partial charge in [-0.15, -0.1) is 0 Å². The van der Waals surface area contributed by atoms with E-state index in [9.17, 15) is 13.2 Å². The second kappa shape index (κ2) is 18.5. The van der Waals surface area contributed by atoms with E-state index in [1.807, 2.05) is 0 Å². The molecule has 1 aromatic rings. The van der Waals surface area contributed by atoms with Gasteiger partial charge in [0.25, 0.3) is 0 Å². The molecule has 1 N–H and O–H groups in total. The van der Waals surface area contributed by atoms with Crippen molar-refractivity contribution < 1.29 is 13.2 Å². The Bertz CT molecular complexity index is 835. The minimum Gasteiger partial charge on any atom is -0.314 e. The normalized spacial score (nSPS) is 11.4. The molecule has 0 aromatic heterocycles.